The molecule has 5 nitrogen and oxygen atoms in total. The number of halogens is 1. The van der Waals surface area contributed by atoms with Crippen molar-refractivity contribution in [3.63, 3.8) is 0 Å². The molecule has 0 radical (unpaired) electrons. The lowest BCUT2D eigenvalue weighted by atomic mass is 9.84. The summed E-state index contributed by atoms with van der Waals surface area (Å²) in [6.07, 6.45) is 8.81. The molecule has 170 valence electrons. The quantitative estimate of drug-likeness (QED) is 0.531. The van der Waals surface area contributed by atoms with Gasteiger partial charge >= 0.3 is 0 Å². The van der Waals surface area contributed by atoms with E-state index < -0.39 is 0 Å². The highest BCUT2D eigenvalue weighted by molar-refractivity contribution is 5.20. The van der Waals surface area contributed by atoms with Gasteiger partial charge in [0.15, 0.2) is 0 Å². The van der Waals surface area contributed by atoms with Crippen molar-refractivity contribution in [2.45, 2.75) is 45.3 Å². The highest BCUT2D eigenvalue weighted by Gasteiger charge is 2.30. The van der Waals surface area contributed by atoms with Gasteiger partial charge in [0.05, 0.1) is 5.69 Å². The van der Waals surface area contributed by atoms with Crippen LogP contribution in [-0.4, -0.2) is 50.7 Å². The molecule has 32 heavy (non-hydrogen) atoms. The molecule has 0 spiro atoms. The van der Waals surface area contributed by atoms with Crippen LogP contribution in [0.5, 0.6) is 0 Å². The summed E-state index contributed by atoms with van der Waals surface area (Å²) in [5.74, 6) is 0.434. The van der Waals surface area contributed by atoms with Gasteiger partial charge in [-0.05, 0) is 81.6 Å². The summed E-state index contributed by atoms with van der Waals surface area (Å²) in [5.41, 5.74) is 4.43. The molecule has 0 N–H and O–H groups in total. The van der Waals surface area contributed by atoms with Crippen LogP contribution in [0.25, 0.3) is 0 Å². The van der Waals surface area contributed by atoms with Crippen LogP contribution in [-0.2, 0) is 26.6 Å². The zero-order valence-corrected chi connectivity index (χ0v) is 19.4. The Morgan fingerprint density at radius 2 is 1.81 bits per heavy atom. The van der Waals surface area contributed by atoms with Crippen LogP contribution in [0.3, 0.4) is 0 Å². The number of pyridine rings is 1. The Balaban J connectivity index is 1.46. The van der Waals surface area contributed by atoms with E-state index in [1.807, 2.05) is 36.3 Å². The maximum atomic E-state index is 14.5. The number of rotatable bonds is 8. The number of piperidine rings is 1. The number of nitrogens with zero attached hydrogens (tertiary/aromatic N) is 5. The Labute approximate surface area is 190 Å². The van der Waals surface area contributed by atoms with Gasteiger partial charge in [0.2, 0.25) is 0 Å². The molecule has 1 aromatic carbocycles. The van der Waals surface area contributed by atoms with Crippen LogP contribution in [0.15, 0.2) is 55.0 Å². The van der Waals surface area contributed by atoms with Crippen molar-refractivity contribution >= 4 is 0 Å². The summed E-state index contributed by atoms with van der Waals surface area (Å²) in [7, 11) is 4.15. The van der Waals surface area contributed by atoms with Gasteiger partial charge in [0.25, 0.3) is 0 Å². The number of hydrogen-bond acceptors (Lipinski definition) is 4. The van der Waals surface area contributed by atoms with E-state index in [0.717, 1.165) is 56.7 Å². The van der Waals surface area contributed by atoms with Crippen molar-refractivity contribution in [2.75, 3.05) is 20.1 Å². The molecule has 0 amide bonds. The molecule has 4 rings (SSSR count). The van der Waals surface area contributed by atoms with E-state index in [0.29, 0.717) is 5.92 Å². The maximum absolute atomic E-state index is 14.5. The minimum atomic E-state index is -0.0985. The fourth-order valence-electron chi connectivity index (χ4n) is 5.00. The first kappa shape index (κ1) is 22.6. The Kier molecular flexibility index (Phi) is 7.33. The average molecular weight is 436 g/mol. The fourth-order valence-corrected chi connectivity index (χ4v) is 5.00. The van der Waals surface area contributed by atoms with Gasteiger partial charge in [-0.3, -0.25) is 19.5 Å². The van der Waals surface area contributed by atoms with Crippen LogP contribution in [0, 0.1) is 18.7 Å². The minimum absolute atomic E-state index is 0.0985. The molecule has 1 aliphatic rings. The largest absolute Gasteiger partial charge is 0.299 e. The normalized spacial score (nSPS) is 16.5. The van der Waals surface area contributed by atoms with E-state index >= 15 is 0 Å². The number of aryl methyl sites for hydroxylation is 2. The number of likely N-dealkylation sites (N-methyl/N-ethyl adjacent to an activating group) is 1. The predicted molar refractivity (Wildman–Crippen MR) is 126 cm³/mol. The van der Waals surface area contributed by atoms with Crippen LogP contribution in [0.4, 0.5) is 4.39 Å². The molecule has 1 atom stereocenters. The molecule has 2 aromatic heterocycles. The van der Waals surface area contributed by atoms with Gasteiger partial charge in [-0.15, -0.1) is 0 Å². The van der Waals surface area contributed by atoms with Crippen molar-refractivity contribution in [1.29, 1.82) is 0 Å². The van der Waals surface area contributed by atoms with Crippen LogP contribution in [0.2, 0.25) is 0 Å². The van der Waals surface area contributed by atoms with Gasteiger partial charge in [0.1, 0.15) is 5.82 Å². The average Bonchev–Trinajstić information content (AvgIpc) is 3.11. The Hall–Kier alpha value is -2.57. The van der Waals surface area contributed by atoms with Crippen molar-refractivity contribution in [2.24, 2.45) is 13.0 Å². The Morgan fingerprint density at radius 3 is 2.47 bits per heavy atom. The fraction of sp³-hybridized carbons (Fsp3) is 0.462. The Morgan fingerprint density at radius 1 is 1.09 bits per heavy atom. The molecule has 0 saturated carbocycles. The summed E-state index contributed by atoms with van der Waals surface area (Å²) in [6.45, 7) is 6.00. The highest BCUT2D eigenvalue weighted by Crippen LogP contribution is 2.29. The van der Waals surface area contributed by atoms with Crippen molar-refractivity contribution in [3.05, 3.63) is 83.2 Å². The lowest BCUT2D eigenvalue weighted by Crippen LogP contribution is -2.45. The third-order valence-electron chi connectivity index (χ3n) is 6.82. The van der Waals surface area contributed by atoms with E-state index in [2.05, 4.69) is 52.2 Å². The second-order valence-electron chi connectivity index (χ2n) is 9.16. The van der Waals surface area contributed by atoms with Crippen molar-refractivity contribution < 1.29 is 4.39 Å². The monoisotopic (exact) mass is 435 g/mol. The third kappa shape index (κ3) is 5.61. The molecule has 1 fully saturated rings. The van der Waals surface area contributed by atoms with Gasteiger partial charge in [-0.2, -0.15) is 5.10 Å². The van der Waals surface area contributed by atoms with Gasteiger partial charge in [-0.25, -0.2) is 4.39 Å². The van der Waals surface area contributed by atoms with Crippen LogP contribution >= 0.6 is 0 Å². The maximum Gasteiger partial charge on any atom is 0.126 e. The highest BCUT2D eigenvalue weighted by atomic mass is 19.1. The summed E-state index contributed by atoms with van der Waals surface area (Å²) < 4.78 is 16.4. The van der Waals surface area contributed by atoms with E-state index in [9.17, 15) is 4.39 Å². The van der Waals surface area contributed by atoms with Crippen molar-refractivity contribution in [3.8, 4) is 0 Å². The van der Waals surface area contributed by atoms with E-state index in [1.165, 1.54) is 11.1 Å². The summed E-state index contributed by atoms with van der Waals surface area (Å²) in [5, 5.41) is 4.50. The summed E-state index contributed by atoms with van der Waals surface area (Å²) >= 11 is 0. The number of likely N-dealkylation sites (tertiary alicyclic amines) is 1. The third-order valence-corrected chi connectivity index (χ3v) is 6.82. The zero-order chi connectivity index (χ0) is 22.5. The summed E-state index contributed by atoms with van der Waals surface area (Å²) in [4.78, 5) is 9.06. The SMILES string of the molecule is Cc1nn(C)cc1CN(C)C(Cc1ccccc1F)C1CCN(Cc2ccncc2)CC1. The van der Waals surface area contributed by atoms with E-state index in [1.54, 1.807) is 12.1 Å². The molecule has 1 aliphatic heterocycles. The van der Waals surface area contributed by atoms with Gasteiger partial charge < -0.3 is 0 Å². The van der Waals surface area contributed by atoms with Crippen molar-refractivity contribution in [1.82, 2.24) is 24.6 Å². The van der Waals surface area contributed by atoms with Crippen LogP contribution in [0.1, 0.15) is 35.2 Å². The second kappa shape index (κ2) is 10.4. The molecular weight excluding hydrogens is 401 g/mol. The molecule has 3 heterocycles. The zero-order valence-electron chi connectivity index (χ0n) is 19.4. The number of aromatic nitrogens is 3. The molecular formula is C26H34FN5. The topological polar surface area (TPSA) is 37.2 Å². The molecule has 1 unspecified atom stereocenters. The lowest BCUT2D eigenvalue weighted by Gasteiger charge is -2.40. The summed E-state index contributed by atoms with van der Waals surface area (Å²) in [6, 6.07) is 11.7. The van der Waals surface area contributed by atoms with E-state index in [4.69, 9.17) is 0 Å². The lowest BCUT2D eigenvalue weighted by molar-refractivity contribution is 0.0948. The van der Waals surface area contributed by atoms with Crippen LogP contribution < -0.4 is 0 Å². The molecule has 0 bridgehead atoms. The Bertz CT molecular complexity index is 994. The minimum Gasteiger partial charge on any atom is -0.299 e. The molecule has 3 aromatic rings. The molecule has 0 aliphatic carbocycles. The first-order valence-electron chi connectivity index (χ1n) is 11.5. The first-order valence-corrected chi connectivity index (χ1v) is 11.5. The molecule has 6 heteroatoms. The van der Waals surface area contributed by atoms with Gasteiger partial charge in [0, 0.05) is 50.3 Å². The predicted octanol–water partition coefficient (Wildman–Crippen LogP) is 4.22. The second-order valence-corrected chi connectivity index (χ2v) is 9.16. The first-order chi connectivity index (χ1) is 15.5. The number of benzene rings is 1. The smallest absolute Gasteiger partial charge is 0.126 e. The number of hydrogen-bond donors (Lipinski definition) is 0. The van der Waals surface area contributed by atoms with E-state index in [-0.39, 0.29) is 11.9 Å². The molecule has 1 saturated heterocycles. The standard InChI is InChI=1S/C26H34FN5/c1-20-24(19-31(3)29-20)18-30(2)26(16-23-6-4-5-7-25(23)27)22-10-14-32(15-11-22)17-21-8-12-28-13-9-21/h4-9,12-13,19,22,26H,10-11,14-18H2,1-3H3. The van der Waals surface area contributed by atoms with Gasteiger partial charge in [-0.1, -0.05) is 18.2 Å².